The molecule has 0 amide bonds. The van der Waals surface area contributed by atoms with Crippen molar-refractivity contribution in [3.05, 3.63) is 14.7 Å². The van der Waals surface area contributed by atoms with Crippen LogP contribution in [0.2, 0.25) is 0 Å². The number of carboxylic acid groups (broad SMARTS) is 1. The van der Waals surface area contributed by atoms with E-state index in [0.717, 1.165) is 17.4 Å². The van der Waals surface area contributed by atoms with Gasteiger partial charge in [-0.3, -0.25) is 0 Å². The second-order valence-electron chi connectivity index (χ2n) is 4.41. The van der Waals surface area contributed by atoms with E-state index in [0.29, 0.717) is 13.0 Å². The average molecular weight is 386 g/mol. The predicted octanol–water partition coefficient (Wildman–Crippen LogP) is 0.639. The van der Waals surface area contributed by atoms with Gasteiger partial charge in [0.05, 0.1) is 10.4 Å². The molecule has 0 aliphatic carbocycles. The second-order valence-corrected chi connectivity index (χ2v) is 8.51. The average Bonchev–Trinajstić information content (AvgIpc) is 2.94. The maximum absolute atomic E-state index is 12.1. The molecule has 2 heterocycles. The molecule has 0 bridgehead atoms. The van der Waals surface area contributed by atoms with Gasteiger partial charge in [-0.2, -0.15) is 0 Å². The van der Waals surface area contributed by atoms with Crippen molar-refractivity contribution in [3.8, 4) is 0 Å². The highest BCUT2D eigenvalue weighted by atomic mass is 79.9. The Balaban J connectivity index is 2.16. The number of hydrogen-bond donors (Lipinski definition) is 3. The van der Waals surface area contributed by atoms with Crippen LogP contribution in [0.25, 0.3) is 0 Å². The zero-order valence-corrected chi connectivity index (χ0v) is 13.3. The van der Waals surface area contributed by atoms with E-state index in [1.54, 1.807) is 0 Å². The smallest absolute Gasteiger partial charge is 0.345 e. The Labute approximate surface area is 127 Å². The topological polar surface area (TPSA) is 113 Å². The lowest BCUT2D eigenvalue weighted by atomic mass is 10.1. The Morgan fingerprint density at radius 3 is 2.80 bits per heavy atom. The number of thiophene rings is 1. The van der Waals surface area contributed by atoms with Gasteiger partial charge in [0, 0.05) is 19.6 Å². The third-order valence-electron chi connectivity index (χ3n) is 2.83. The van der Waals surface area contributed by atoms with Crippen LogP contribution >= 0.6 is 27.3 Å². The van der Waals surface area contributed by atoms with Crippen molar-refractivity contribution in [2.75, 3.05) is 19.8 Å². The fourth-order valence-electron chi connectivity index (χ4n) is 1.68. The SMILES string of the molecule is O=C(O)c1cc(S(=O)(=O)NCC2(O)CCOC2)c(Br)s1. The molecule has 0 aromatic carbocycles. The molecule has 1 unspecified atom stereocenters. The first kappa shape index (κ1) is 15.9. The fourth-order valence-corrected chi connectivity index (χ4v) is 5.20. The maximum atomic E-state index is 12.1. The summed E-state index contributed by atoms with van der Waals surface area (Å²) >= 11 is 3.85. The van der Waals surface area contributed by atoms with Crippen LogP contribution in [0.15, 0.2) is 14.7 Å². The van der Waals surface area contributed by atoms with E-state index >= 15 is 0 Å². The van der Waals surface area contributed by atoms with Crippen LogP contribution in [0.5, 0.6) is 0 Å². The monoisotopic (exact) mass is 385 g/mol. The van der Waals surface area contributed by atoms with Crippen molar-refractivity contribution in [2.24, 2.45) is 0 Å². The first-order chi connectivity index (χ1) is 9.23. The zero-order valence-electron chi connectivity index (χ0n) is 10.1. The number of hydrogen-bond acceptors (Lipinski definition) is 6. The summed E-state index contributed by atoms with van der Waals surface area (Å²) in [6.45, 7) is 0.268. The third kappa shape index (κ3) is 3.38. The molecule has 3 N–H and O–H groups in total. The van der Waals surface area contributed by atoms with Crippen molar-refractivity contribution in [3.63, 3.8) is 0 Å². The quantitative estimate of drug-likeness (QED) is 0.685. The van der Waals surface area contributed by atoms with Gasteiger partial charge in [-0.25, -0.2) is 17.9 Å². The highest BCUT2D eigenvalue weighted by Crippen LogP contribution is 2.31. The van der Waals surface area contributed by atoms with Gasteiger partial charge >= 0.3 is 5.97 Å². The van der Waals surface area contributed by atoms with Gasteiger partial charge < -0.3 is 14.9 Å². The van der Waals surface area contributed by atoms with Gasteiger partial charge in [-0.05, 0) is 22.0 Å². The summed E-state index contributed by atoms with van der Waals surface area (Å²) in [5.41, 5.74) is -1.22. The lowest BCUT2D eigenvalue weighted by Gasteiger charge is -2.20. The van der Waals surface area contributed by atoms with Crippen LogP contribution in [-0.2, 0) is 14.8 Å². The normalized spacial score (nSPS) is 23.1. The van der Waals surface area contributed by atoms with Crippen molar-refractivity contribution in [2.45, 2.75) is 16.9 Å². The predicted molar refractivity (Wildman–Crippen MR) is 74.6 cm³/mol. The van der Waals surface area contributed by atoms with Gasteiger partial charge in [0.2, 0.25) is 10.0 Å². The van der Waals surface area contributed by atoms with E-state index in [1.165, 1.54) is 0 Å². The molecule has 1 aliphatic heterocycles. The maximum Gasteiger partial charge on any atom is 0.345 e. The van der Waals surface area contributed by atoms with Crippen LogP contribution in [0.3, 0.4) is 0 Å². The van der Waals surface area contributed by atoms with Crippen LogP contribution in [0, 0.1) is 0 Å². The third-order valence-corrected chi connectivity index (χ3v) is 6.47. The Morgan fingerprint density at radius 1 is 1.60 bits per heavy atom. The molecular formula is C10H12BrNO6S2. The number of carboxylic acids is 1. The molecule has 1 atom stereocenters. The van der Waals surface area contributed by atoms with Crippen molar-refractivity contribution in [1.82, 2.24) is 4.72 Å². The highest BCUT2D eigenvalue weighted by Gasteiger charge is 2.34. The minimum atomic E-state index is -3.89. The summed E-state index contributed by atoms with van der Waals surface area (Å²) < 4.78 is 31.7. The van der Waals surface area contributed by atoms with E-state index < -0.39 is 21.6 Å². The summed E-state index contributed by atoms with van der Waals surface area (Å²) in [7, 11) is -3.89. The van der Waals surface area contributed by atoms with Crippen LogP contribution in [0.1, 0.15) is 16.1 Å². The lowest BCUT2D eigenvalue weighted by Crippen LogP contribution is -2.43. The van der Waals surface area contributed by atoms with Gasteiger partial charge in [0.25, 0.3) is 0 Å². The van der Waals surface area contributed by atoms with Crippen LogP contribution < -0.4 is 4.72 Å². The Bertz CT molecular complexity index is 620. The molecule has 1 saturated heterocycles. The molecule has 0 spiro atoms. The van der Waals surface area contributed by atoms with E-state index in [1.807, 2.05) is 0 Å². The number of aromatic carboxylic acids is 1. The first-order valence-electron chi connectivity index (χ1n) is 5.56. The van der Waals surface area contributed by atoms with Crippen molar-refractivity contribution < 1.29 is 28.2 Å². The number of sulfonamides is 1. The Hall–Kier alpha value is -0.520. The number of nitrogens with one attached hydrogen (secondary N) is 1. The fraction of sp³-hybridized carbons (Fsp3) is 0.500. The van der Waals surface area contributed by atoms with E-state index in [9.17, 15) is 18.3 Å². The molecule has 1 fully saturated rings. The summed E-state index contributed by atoms with van der Waals surface area (Å²) in [6.07, 6.45) is 0.348. The second kappa shape index (κ2) is 5.70. The number of aliphatic hydroxyl groups is 1. The Morgan fingerprint density at radius 2 is 2.30 bits per heavy atom. The first-order valence-corrected chi connectivity index (χ1v) is 8.65. The molecule has 1 aromatic heterocycles. The molecule has 0 radical (unpaired) electrons. The van der Waals surface area contributed by atoms with E-state index in [4.69, 9.17) is 9.84 Å². The number of halogens is 1. The zero-order chi connectivity index (χ0) is 15.0. The van der Waals surface area contributed by atoms with Gasteiger partial charge in [0.1, 0.15) is 15.4 Å². The largest absolute Gasteiger partial charge is 0.477 e. The molecule has 2 rings (SSSR count). The number of ether oxygens (including phenoxy) is 1. The molecule has 1 aromatic rings. The molecule has 10 heteroatoms. The summed E-state index contributed by atoms with van der Waals surface area (Å²) in [5.74, 6) is -1.19. The van der Waals surface area contributed by atoms with Crippen LogP contribution in [-0.4, -0.2) is 50.0 Å². The highest BCUT2D eigenvalue weighted by molar-refractivity contribution is 9.11. The van der Waals surface area contributed by atoms with Gasteiger partial charge in [0.15, 0.2) is 0 Å². The number of rotatable bonds is 5. The lowest BCUT2D eigenvalue weighted by molar-refractivity contribution is 0.0314. The number of carbonyl (C=O) groups is 1. The molecule has 7 nitrogen and oxygen atoms in total. The molecule has 20 heavy (non-hydrogen) atoms. The summed E-state index contributed by atoms with van der Waals surface area (Å²) in [5, 5.41) is 18.9. The summed E-state index contributed by atoms with van der Waals surface area (Å²) in [6, 6.07) is 1.08. The van der Waals surface area contributed by atoms with Gasteiger partial charge in [-0.1, -0.05) is 0 Å². The summed E-state index contributed by atoms with van der Waals surface area (Å²) in [4.78, 5) is 10.6. The van der Waals surface area contributed by atoms with Crippen LogP contribution in [0.4, 0.5) is 0 Å². The molecule has 1 aliphatic rings. The van der Waals surface area contributed by atoms with Crippen molar-refractivity contribution in [1.29, 1.82) is 0 Å². The standard InChI is InChI=1S/C10H12BrNO6S2/c11-8-7(3-6(19-8)9(13)14)20(16,17)12-4-10(15)1-2-18-5-10/h3,12,15H,1-2,4-5H2,(H,13,14). The van der Waals surface area contributed by atoms with E-state index in [2.05, 4.69) is 20.7 Å². The van der Waals surface area contributed by atoms with Gasteiger partial charge in [-0.15, -0.1) is 11.3 Å². The molecule has 0 saturated carbocycles. The minimum Gasteiger partial charge on any atom is -0.477 e. The molecular weight excluding hydrogens is 374 g/mol. The molecule has 112 valence electrons. The van der Waals surface area contributed by atoms with E-state index in [-0.39, 0.29) is 26.7 Å². The minimum absolute atomic E-state index is 0.0701. The van der Waals surface area contributed by atoms with Crippen molar-refractivity contribution >= 4 is 43.3 Å². The Kier molecular flexibility index (Phi) is 4.52.